The van der Waals surface area contributed by atoms with Crippen molar-refractivity contribution in [2.75, 3.05) is 25.5 Å². The van der Waals surface area contributed by atoms with E-state index in [1.165, 1.54) is 6.08 Å². The quantitative estimate of drug-likeness (QED) is 0.853. The summed E-state index contributed by atoms with van der Waals surface area (Å²) < 4.78 is 5.56. The van der Waals surface area contributed by atoms with E-state index in [1.807, 2.05) is 19.1 Å². The second kappa shape index (κ2) is 7.21. The maximum absolute atomic E-state index is 12.2. The summed E-state index contributed by atoms with van der Waals surface area (Å²) in [5.41, 5.74) is 8.21. The molecule has 1 aliphatic heterocycles. The topological polar surface area (TPSA) is 81.3 Å². The molecule has 25 heavy (non-hydrogen) atoms. The van der Waals surface area contributed by atoms with Gasteiger partial charge in [0.05, 0.1) is 19.3 Å². The first-order valence-electron chi connectivity index (χ1n) is 7.90. The first-order chi connectivity index (χ1) is 12.0. The lowest BCUT2D eigenvalue weighted by atomic mass is 10.0. The molecule has 1 aliphatic rings. The number of carbonyl (C=O) groups excluding carboxylic acids is 1. The summed E-state index contributed by atoms with van der Waals surface area (Å²) in [4.78, 5) is 22.6. The third kappa shape index (κ3) is 3.81. The monoisotopic (exact) mass is 358 g/mol. The van der Waals surface area contributed by atoms with Crippen molar-refractivity contribution in [3.8, 4) is 11.4 Å². The van der Waals surface area contributed by atoms with E-state index in [0.29, 0.717) is 36.4 Å². The summed E-state index contributed by atoms with van der Waals surface area (Å²) in [6, 6.07) is 6.99. The fourth-order valence-electron chi connectivity index (χ4n) is 2.92. The summed E-state index contributed by atoms with van der Waals surface area (Å²) in [6.45, 7) is 6.83. The summed E-state index contributed by atoms with van der Waals surface area (Å²) >= 11 is 6.31. The van der Waals surface area contributed by atoms with E-state index in [1.54, 1.807) is 17.0 Å². The Morgan fingerprint density at radius 2 is 2.20 bits per heavy atom. The van der Waals surface area contributed by atoms with Crippen molar-refractivity contribution in [2.24, 2.45) is 0 Å². The molecule has 1 aromatic carbocycles. The second-order valence-corrected chi connectivity index (χ2v) is 6.29. The van der Waals surface area contributed by atoms with E-state index in [2.05, 4.69) is 16.5 Å². The van der Waals surface area contributed by atoms with Crippen molar-refractivity contribution in [3.63, 3.8) is 0 Å². The number of benzene rings is 1. The molecule has 2 N–H and O–H groups in total. The Hall–Kier alpha value is -2.44. The van der Waals surface area contributed by atoms with Crippen molar-refractivity contribution < 1.29 is 9.53 Å². The first kappa shape index (κ1) is 17.4. The molecule has 1 amide bonds. The molecule has 7 heteroatoms. The van der Waals surface area contributed by atoms with E-state index in [9.17, 15) is 4.79 Å². The Morgan fingerprint density at radius 1 is 1.40 bits per heavy atom. The van der Waals surface area contributed by atoms with Crippen LogP contribution >= 0.6 is 11.6 Å². The summed E-state index contributed by atoms with van der Waals surface area (Å²) in [5.74, 6) is 0.763. The van der Waals surface area contributed by atoms with Crippen molar-refractivity contribution in [3.05, 3.63) is 53.2 Å². The molecule has 1 atom stereocenters. The Labute approximate surface area is 151 Å². The molecule has 1 fully saturated rings. The number of aromatic nitrogens is 2. The fourth-order valence-corrected chi connectivity index (χ4v) is 3.16. The number of hydrogen-bond acceptors (Lipinski definition) is 5. The van der Waals surface area contributed by atoms with Crippen molar-refractivity contribution in [2.45, 2.75) is 13.0 Å². The van der Waals surface area contributed by atoms with Gasteiger partial charge in [0.25, 0.3) is 0 Å². The summed E-state index contributed by atoms with van der Waals surface area (Å²) in [7, 11) is 0. The van der Waals surface area contributed by atoms with Gasteiger partial charge in [0.2, 0.25) is 5.91 Å². The second-order valence-electron chi connectivity index (χ2n) is 5.86. The average molecular weight is 359 g/mol. The van der Waals surface area contributed by atoms with Crippen LogP contribution in [-0.2, 0) is 9.53 Å². The Balaban J connectivity index is 2.03. The van der Waals surface area contributed by atoms with E-state index in [0.717, 1.165) is 16.8 Å². The lowest BCUT2D eigenvalue weighted by molar-refractivity contribution is -0.134. The number of nitrogen functional groups attached to an aromatic ring is 1. The van der Waals surface area contributed by atoms with Gasteiger partial charge >= 0.3 is 0 Å². The molecule has 1 aromatic heterocycles. The van der Waals surface area contributed by atoms with Gasteiger partial charge in [0, 0.05) is 28.9 Å². The van der Waals surface area contributed by atoms with Crippen molar-refractivity contribution in [1.82, 2.24) is 14.9 Å². The Bertz CT molecular complexity index is 804. The molecule has 2 heterocycles. The Kier molecular flexibility index (Phi) is 5.01. The minimum atomic E-state index is -0.237. The molecule has 0 radical (unpaired) electrons. The van der Waals surface area contributed by atoms with E-state index >= 15 is 0 Å². The van der Waals surface area contributed by atoms with Crippen LogP contribution in [0.1, 0.15) is 17.3 Å². The number of rotatable bonds is 3. The maximum atomic E-state index is 12.2. The van der Waals surface area contributed by atoms with Gasteiger partial charge in [-0.25, -0.2) is 9.97 Å². The third-order valence-corrected chi connectivity index (χ3v) is 4.24. The van der Waals surface area contributed by atoms with Crippen LogP contribution in [0.2, 0.25) is 5.02 Å². The van der Waals surface area contributed by atoms with Gasteiger partial charge < -0.3 is 15.4 Å². The normalized spacial score (nSPS) is 17.4. The fraction of sp³-hybridized carbons (Fsp3) is 0.278. The highest BCUT2D eigenvalue weighted by atomic mass is 35.5. The van der Waals surface area contributed by atoms with Crippen LogP contribution in [0.3, 0.4) is 0 Å². The van der Waals surface area contributed by atoms with Gasteiger partial charge in [0.15, 0.2) is 5.82 Å². The summed E-state index contributed by atoms with van der Waals surface area (Å²) in [5, 5.41) is 0.535. The number of carbonyl (C=O) groups is 1. The standard InChI is InChI=1S/C18H19ClN4O2/c1-3-17(24)23-4-5-25-10-15(23)12-7-13(9-14(19)8-12)18-21-11(2)6-16(20)22-18/h3,6-9,15H,1,4-5,10H2,2H3,(H2,20,21,22)/t15-/m0/s1. The van der Waals surface area contributed by atoms with Gasteiger partial charge in [-0.2, -0.15) is 0 Å². The van der Waals surface area contributed by atoms with Crippen LogP contribution in [-0.4, -0.2) is 40.5 Å². The number of nitrogens with zero attached hydrogens (tertiary/aromatic N) is 3. The van der Waals surface area contributed by atoms with Gasteiger partial charge in [-0.1, -0.05) is 18.2 Å². The number of halogens is 1. The number of hydrogen-bond donors (Lipinski definition) is 1. The molecule has 0 saturated carbocycles. The van der Waals surface area contributed by atoms with Crippen molar-refractivity contribution in [1.29, 1.82) is 0 Å². The van der Waals surface area contributed by atoms with Gasteiger partial charge in [-0.3, -0.25) is 4.79 Å². The average Bonchev–Trinajstić information content (AvgIpc) is 2.59. The van der Waals surface area contributed by atoms with Gasteiger partial charge in [-0.05, 0) is 36.8 Å². The van der Waals surface area contributed by atoms with Crippen LogP contribution in [0.4, 0.5) is 5.82 Å². The van der Waals surface area contributed by atoms with Crippen LogP contribution in [0, 0.1) is 6.92 Å². The molecule has 0 bridgehead atoms. The molecule has 130 valence electrons. The predicted molar refractivity (Wildman–Crippen MR) is 97.1 cm³/mol. The largest absolute Gasteiger partial charge is 0.384 e. The number of amides is 1. The number of anilines is 1. The third-order valence-electron chi connectivity index (χ3n) is 4.02. The molecule has 1 saturated heterocycles. The van der Waals surface area contributed by atoms with E-state index in [4.69, 9.17) is 22.1 Å². The predicted octanol–water partition coefficient (Wildman–Crippen LogP) is 2.77. The molecule has 0 spiro atoms. The van der Waals surface area contributed by atoms with Crippen LogP contribution < -0.4 is 5.73 Å². The van der Waals surface area contributed by atoms with Crippen molar-refractivity contribution >= 4 is 23.3 Å². The van der Waals surface area contributed by atoms with Crippen LogP contribution in [0.25, 0.3) is 11.4 Å². The lowest BCUT2D eigenvalue weighted by Crippen LogP contribution is -2.42. The van der Waals surface area contributed by atoms with E-state index < -0.39 is 0 Å². The zero-order valence-electron chi connectivity index (χ0n) is 13.9. The number of morpholine rings is 1. The lowest BCUT2D eigenvalue weighted by Gasteiger charge is -2.35. The molecule has 2 aromatic rings. The molecule has 3 rings (SSSR count). The SMILES string of the molecule is C=CC(=O)N1CCOC[C@H]1c1cc(Cl)cc(-c2nc(C)cc(N)n2)c1. The molecule has 0 unspecified atom stereocenters. The molecule has 0 aliphatic carbocycles. The number of aryl methyl sites for hydroxylation is 1. The molecular weight excluding hydrogens is 340 g/mol. The molecule has 6 nitrogen and oxygen atoms in total. The highest BCUT2D eigenvalue weighted by Crippen LogP contribution is 2.31. The maximum Gasteiger partial charge on any atom is 0.246 e. The van der Waals surface area contributed by atoms with Gasteiger partial charge in [0.1, 0.15) is 5.82 Å². The smallest absolute Gasteiger partial charge is 0.246 e. The minimum absolute atomic E-state index is 0.133. The number of ether oxygens (including phenoxy) is 1. The summed E-state index contributed by atoms with van der Waals surface area (Å²) in [6.07, 6.45) is 1.31. The highest BCUT2D eigenvalue weighted by molar-refractivity contribution is 6.31. The first-order valence-corrected chi connectivity index (χ1v) is 8.28. The molecular formula is C18H19ClN4O2. The van der Waals surface area contributed by atoms with Crippen LogP contribution in [0.5, 0.6) is 0 Å². The minimum Gasteiger partial charge on any atom is -0.384 e. The highest BCUT2D eigenvalue weighted by Gasteiger charge is 2.28. The number of nitrogens with two attached hydrogens (primary N) is 1. The Morgan fingerprint density at radius 3 is 2.92 bits per heavy atom. The van der Waals surface area contributed by atoms with Crippen LogP contribution in [0.15, 0.2) is 36.9 Å². The zero-order chi connectivity index (χ0) is 18.0. The zero-order valence-corrected chi connectivity index (χ0v) is 14.7. The van der Waals surface area contributed by atoms with E-state index in [-0.39, 0.29) is 11.9 Å². The van der Waals surface area contributed by atoms with Gasteiger partial charge in [-0.15, -0.1) is 0 Å².